The summed E-state index contributed by atoms with van der Waals surface area (Å²) >= 11 is 0. The number of hydrogen-bond donors (Lipinski definition) is 1. The summed E-state index contributed by atoms with van der Waals surface area (Å²) in [4.78, 5) is 45.7. The Morgan fingerprint density at radius 1 is 0.941 bits per heavy atom. The number of anilines is 2. The van der Waals surface area contributed by atoms with E-state index >= 15 is 0 Å². The molecule has 0 radical (unpaired) electrons. The van der Waals surface area contributed by atoms with Gasteiger partial charge in [0.05, 0.1) is 17.5 Å². The van der Waals surface area contributed by atoms with Crippen molar-refractivity contribution < 1.29 is 14.4 Å². The normalized spacial score (nSPS) is 29.8. The highest BCUT2D eigenvalue weighted by atomic mass is 16.2. The number of hydrogen-bond acceptors (Lipinski definition) is 4. The van der Waals surface area contributed by atoms with Crippen molar-refractivity contribution in [3.8, 4) is 0 Å². The molecule has 4 aliphatic heterocycles. The fourth-order valence-corrected chi connectivity index (χ4v) is 7.16. The van der Waals surface area contributed by atoms with E-state index in [4.69, 9.17) is 0 Å². The van der Waals surface area contributed by atoms with Crippen LogP contribution in [0.15, 0.2) is 54.6 Å². The third-order valence-corrected chi connectivity index (χ3v) is 8.71. The maximum Gasteiger partial charge on any atom is 0.250 e. The number of rotatable bonds is 1. The first-order valence-corrected chi connectivity index (χ1v) is 12.0. The van der Waals surface area contributed by atoms with Crippen LogP contribution in [0.1, 0.15) is 29.5 Å². The first-order valence-electron chi connectivity index (χ1n) is 12.0. The quantitative estimate of drug-likeness (QED) is 0.570. The van der Waals surface area contributed by atoms with E-state index in [1.807, 2.05) is 68.4 Å². The zero-order chi connectivity index (χ0) is 23.4. The molecule has 0 saturated carbocycles. The molecule has 0 aromatic heterocycles. The molecule has 3 saturated heterocycles. The van der Waals surface area contributed by atoms with Crippen molar-refractivity contribution >= 4 is 39.9 Å². The Balaban J connectivity index is 1.46. The number of nitrogens with zero attached hydrogens (tertiary/aromatic N) is 2. The van der Waals surface area contributed by atoms with Crippen molar-refractivity contribution in [3.63, 3.8) is 0 Å². The molecule has 34 heavy (non-hydrogen) atoms. The zero-order valence-corrected chi connectivity index (χ0v) is 19.2. The van der Waals surface area contributed by atoms with E-state index in [-0.39, 0.29) is 23.8 Å². The predicted octanol–water partition coefficient (Wildman–Crippen LogP) is 3.89. The SMILES string of the molecule is Cc1ccc2c(c1C)NC(=O)[C@@]21[C@@H]2C(=O)N(c3cccc4ccccc34)C(=O)[C@@H]2[C@H]2CCCN21. The highest BCUT2D eigenvalue weighted by molar-refractivity contribution is 6.28. The molecule has 170 valence electrons. The minimum absolute atomic E-state index is 0.111. The van der Waals surface area contributed by atoms with Gasteiger partial charge < -0.3 is 5.32 Å². The van der Waals surface area contributed by atoms with Crippen LogP contribution in [0.4, 0.5) is 11.4 Å². The Kier molecular flexibility index (Phi) is 3.83. The van der Waals surface area contributed by atoms with Crippen molar-refractivity contribution in [2.45, 2.75) is 38.3 Å². The van der Waals surface area contributed by atoms with Gasteiger partial charge in [0.1, 0.15) is 5.54 Å². The van der Waals surface area contributed by atoms with Gasteiger partial charge in [-0.15, -0.1) is 0 Å². The van der Waals surface area contributed by atoms with Crippen LogP contribution in [0.3, 0.4) is 0 Å². The average molecular weight is 452 g/mol. The van der Waals surface area contributed by atoms with Gasteiger partial charge in [0.25, 0.3) is 0 Å². The van der Waals surface area contributed by atoms with E-state index in [2.05, 4.69) is 10.2 Å². The molecule has 1 N–H and O–H groups in total. The molecular weight excluding hydrogens is 426 g/mol. The topological polar surface area (TPSA) is 69.7 Å². The number of imide groups is 1. The van der Waals surface area contributed by atoms with Crippen molar-refractivity contribution in [2.24, 2.45) is 11.8 Å². The summed E-state index contributed by atoms with van der Waals surface area (Å²) in [6.45, 7) is 4.74. The number of aryl methyl sites for hydroxylation is 1. The van der Waals surface area contributed by atoms with Gasteiger partial charge in [0.2, 0.25) is 17.7 Å². The molecule has 3 aromatic rings. The number of carbonyl (C=O) groups is 3. The largest absolute Gasteiger partial charge is 0.324 e. The first-order chi connectivity index (χ1) is 16.5. The Labute approximate surface area is 197 Å². The molecule has 6 nitrogen and oxygen atoms in total. The molecule has 3 aromatic carbocycles. The Morgan fingerprint density at radius 3 is 2.59 bits per heavy atom. The summed E-state index contributed by atoms with van der Waals surface area (Å²) in [5.74, 6) is -1.86. The molecule has 4 aliphatic rings. The summed E-state index contributed by atoms with van der Waals surface area (Å²) in [6, 6.07) is 17.4. The monoisotopic (exact) mass is 451 g/mol. The van der Waals surface area contributed by atoms with Gasteiger partial charge in [-0.3, -0.25) is 19.3 Å². The van der Waals surface area contributed by atoms with Gasteiger partial charge in [-0.2, -0.15) is 0 Å². The molecule has 1 spiro atoms. The van der Waals surface area contributed by atoms with Crippen LogP contribution in [0, 0.1) is 25.7 Å². The molecule has 0 unspecified atom stereocenters. The van der Waals surface area contributed by atoms with E-state index in [1.54, 1.807) is 0 Å². The van der Waals surface area contributed by atoms with Gasteiger partial charge in [-0.05, 0) is 55.8 Å². The predicted molar refractivity (Wildman–Crippen MR) is 129 cm³/mol. The second-order valence-electron chi connectivity index (χ2n) is 10.1. The second kappa shape index (κ2) is 6.54. The average Bonchev–Trinajstić information content (AvgIpc) is 3.55. The lowest BCUT2D eigenvalue weighted by molar-refractivity contribution is -0.135. The van der Waals surface area contributed by atoms with Crippen LogP contribution in [0.5, 0.6) is 0 Å². The van der Waals surface area contributed by atoms with Crippen molar-refractivity contribution in [1.82, 2.24) is 4.90 Å². The lowest BCUT2D eigenvalue weighted by atomic mass is 9.75. The molecule has 3 amide bonds. The molecule has 0 bridgehead atoms. The fourth-order valence-electron chi connectivity index (χ4n) is 7.16. The highest BCUT2D eigenvalue weighted by Crippen LogP contribution is 2.61. The Bertz CT molecular complexity index is 1440. The van der Waals surface area contributed by atoms with E-state index in [0.717, 1.165) is 46.0 Å². The second-order valence-corrected chi connectivity index (χ2v) is 10.1. The Morgan fingerprint density at radius 2 is 1.74 bits per heavy atom. The van der Waals surface area contributed by atoms with Crippen molar-refractivity contribution in [2.75, 3.05) is 16.8 Å². The number of benzene rings is 3. The minimum Gasteiger partial charge on any atom is -0.324 e. The van der Waals surface area contributed by atoms with Crippen LogP contribution in [-0.2, 0) is 19.9 Å². The van der Waals surface area contributed by atoms with Crippen LogP contribution in [0.25, 0.3) is 10.8 Å². The Hall–Kier alpha value is -3.51. The van der Waals surface area contributed by atoms with E-state index < -0.39 is 17.4 Å². The third kappa shape index (κ3) is 2.13. The maximum atomic E-state index is 14.2. The minimum atomic E-state index is -1.13. The summed E-state index contributed by atoms with van der Waals surface area (Å²) in [6.07, 6.45) is 1.73. The summed E-state index contributed by atoms with van der Waals surface area (Å²) in [5.41, 5.74) is 3.24. The van der Waals surface area contributed by atoms with Crippen LogP contribution >= 0.6 is 0 Å². The van der Waals surface area contributed by atoms with Gasteiger partial charge in [0.15, 0.2) is 0 Å². The lowest BCUT2D eigenvalue weighted by Crippen LogP contribution is -2.54. The summed E-state index contributed by atoms with van der Waals surface area (Å²) < 4.78 is 0. The third-order valence-electron chi connectivity index (χ3n) is 8.71. The number of carbonyl (C=O) groups excluding carboxylic acids is 3. The van der Waals surface area contributed by atoms with Crippen LogP contribution in [-0.4, -0.2) is 35.2 Å². The zero-order valence-electron chi connectivity index (χ0n) is 19.2. The molecule has 3 fully saturated rings. The molecule has 6 heteroatoms. The smallest absolute Gasteiger partial charge is 0.250 e. The molecule has 7 rings (SSSR count). The van der Waals surface area contributed by atoms with Gasteiger partial charge >= 0.3 is 0 Å². The molecule has 0 aliphatic carbocycles. The number of nitrogens with one attached hydrogen (secondary N) is 1. The maximum absolute atomic E-state index is 14.2. The van der Waals surface area contributed by atoms with Gasteiger partial charge in [-0.1, -0.05) is 48.5 Å². The fraction of sp³-hybridized carbons (Fsp3) is 0.321. The highest BCUT2D eigenvalue weighted by Gasteiger charge is 2.74. The summed E-state index contributed by atoms with van der Waals surface area (Å²) in [7, 11) is 0. The standard InChI is InChI=1S/C28H25N3O3/c1-15-12-13-19-24(16(15)2)29-27(34)28(19)23-22(21-11-6-14-30(21)28)25(32)31(26(23)33)20-10-5-8-17-7-3-4-9-18(17)20/h3-5,7-10,12-13,21-23H,6,11,14H2,1-2H3,(H,29,34)/t21-,22-,23+,28+/m1/s1. The van der Waals surface area contributed by atoms with Crippen LogP contribution in [0.2, 0.25) is 0 Å². The number of amides is 3. The van der Waals surface area contributed by atoms with E-state index in [0.29, 0.717) is 12.2 Å². The van der Waals surface area contributed by atoms with E-state index in [1.165, 1.54) is 4.90 Å². The first kappa shape index (κ1) is 19.9. The van der Waals surface area contributed by atoms with Crippen molar-refractivity contribution in [1.29, 1.82) is 0 Å². The van der Waals surface area contributed by atoms with Gasteiger partial charge in [-0.25, -0.2) is 4.90 Å². The summed E-state index contributed by atoms with van der Waals surface area (Å²) in [5, 5.41) is 4.97. The molecule has 4 atom stereocenters. The van der Waals surface area contributed by atoms with Crippen LogP contribution < -0.4 is 10.2 Å². The van der Waals surface area contributed by atoms with Crippen molar-refractivity contribution in [3.05, 3.63) is 71.3 Å². The lowest BCUT2D eigenvalue weighted by Gasteiger charge is -2.36. The molecule has 4 heterocycles. The number of fused-ring (bicyclic) bond motifs is 8. The molecular formula is C28H25N3O3. The van der Waals surface area contributed by atoms with Gasteiger partial charge in [0, 0.05) is 22.7 Å². The van der Waals surface area contributed by atoms with E-state index in [9.17, 15) is 14.4 Å².